The minimum Gasteiger partial charge on any atom is -0.484 e. The molecule has 2 heterocycles. The molecule has 1 saturated heterocycles. The third kappa shape index (κ3) is 4.18. The second-order valence-corrected chi connectivity index (χ2v) is 10.1. The van der Waals surface area contributed by atoms with Crippen molar-refractivity contribution < 1.29 is 19.1 Å². The van der Waals surface area contributed by atoms with Crippen LogP contribution in [-0.2, 0) is 17.6 Å². The van der Waals surface area contributed by atoms with Crippen LogP contribution < -0.4 is 10.4 Å². The monoisotopic (exact) mass is 453 g/mol. The van der Waals surface area contributed by atoms with Gasteiger partial charge in [0.2, 0.25) is 0 Å². The molecule has 0 spiro atoms. The number of piperidine rings is 1. The van der Waals surface area contributed by atoms with Crippen LogP contribution in [0.3, 0.4) is 0 Å². The number of hydrogen-bond acceptors (Lipinski definition) is 5. The van der Waals surface area contributed by atoms with Crippen molar-refractivity contribution in [2.24, 2.45) is 5.92 Å². The quantitative estimate of drug-likeness (QED) is 0.657. The first kappa shape index (κ1) is 22.5. The Balaban J connectivity index is 1.31. The minimum absolute atomic E-state index is 0.0285. The lowest BCUT2D eigenvalue weighted by Crippen LogP contribution is -2.61. The first-order valence-electron chi connectivity index (χ1n) is 12.7. The molecule has 2 aromatic rings. The largest absolute Gasteiger partial charge is 0.484 e. The molecule has 1 saturated carbocycles. The van der Waals surface area contributed by atoms with Crippen molar-refractivity contribution in [3.8, 4) is 5.75 Å². The van der Waals surface area contributed by atoms with Gasteiger partial charge in [-0.05, 0) is 62.6 Å². The molecule has 1 aromatic carbocycles. The molecular formula is C27H35NO5. The molecule has 1 amide bonds. The Labute approximate surface area is 194 Å². The molecule has 178 valence electrons. The second kappa shape index (κ2) is 9.13. The number of aryl methyl sites for hydroxylation is 1. The number of hydrogen-bond donors (Lipinski definition) is 1. The predicted molar refractivity (Wildman–Crippen MR) is 127 cm³/mol. The van der Waals surface area contributed by atoms with E-state index in [1.165, 1.54) is 0 Å². The summed E-state index contributed by atoms with van der Waals surface area (Å²) >= 11 is 0. The first-order valence-corrected chi connectivity index (χ1v) is 12.7. The number of ether oxygens (including phenoxy) is 1. The van der Waals surface area contributed by atoms with Crippen molar-refractivity contribution >= 4 is 16.9 Å². The van der Waals surface area contributed by atoms with Gasteiger partial charge in [-0.1, -0.05) is 32.6 Å². The van der Waals surface area contributed by atoms with E-state index in [0.717, 1.165) is 80.7 Å². The summed E-state index contributed by atoms with van der Waals surface area (Å²) in [6.07, 6.45) is 10.4. The number of nitrogens with zero attached hydrogens (tertiary/aromatic N) is 1. The van der Waals surface area contributed by atoms with Gasteiger partial charge >= 0.3 is 5.63 Å². The summed E-state index contributed by atoms with van der Waals surface area (Å²) in [5.41, 5.74) is 1.55. The molecule has 5 rings (SSSR count). The van der Waals surface area contributed by atoms with Crippen LogP contribution in [0.4, 0.5) is 0 Å². The van der Waals surface area contributed by atoms with Crippen LogP contribution in [0.2, 0.25) is 0 Å². The molecule has 1 aromatic heterocycles. The highest BCUT2D eigenvalue weighted by Gasteiger charge is 2.49. The lowest BCUT2D eigenvalue weighted by Gasteiger charge is -2.52. The average Bonchev–Trinajstić information content (AvgIpc) is 3.31. The van der Waals surface area contributed by atoms with E-state index in [0.29, 0.717) is 24.3 Å². The minimum atomic E-state index is -0.621. The van der Waals surface area contributed by atoms with Gasteiger partial charge in [0, 0.05) is 35.5 Å². The number of carbonyl (C=O) groups excluding carboxylic acids is 1. The van der Waals surface area contributed by atoms with Crippen LogP contribution in [0.15, 0.2) is 27.4 Å². The molecule has 0 radical (unpaired) electrons. The van der Waals surface area contributed by atoms with Gasteiger partial charge in [-0.3, -0.25) is 4.79 Å². The third-order valence-corrected chi connectivity index (χ3v) is 8.20. The molecule has 0 bridgehead atoms. The van der Waals surface area contributed by atoms with Crippen molar-refractivity contribution in [1.82, 2.24) is 4.90 Å². The van der Waals surface area contributed by atoms with Gasteiger partial charge in [0.25, 0.3) is 5.91 Å². The van der Waals surface area contributed by atoms with Crippen LogP contribution in [0.25, 0.3) is 11.0 Å². The number of likely N-dealkylation sites (tertiary alicyclic amines) is 1. The first-order chi connectivity index (χ1) is 16.0. The number of amides is 1. The van der Waals surface area contributed by atoms with E-state index in [4.69, 9.17) is 9.15 Å². The van der Waals surface area contributed by atoms with Crippen LogP contribution in [0, 0.1) is 5.92 Å². The lowest BCUT2D eigenvalue weighted by atomic mass is 9.66. The predicted octanol–water partition coefficient (Wildman–Crippen LogP) is 4.37. The van der Waals surface area contributed by atoms with Gasteiger partial charge < -0.3 is 19.2 Å². The van der Waals surface area contributed by atoms with Gasteiger partial charge in [-0.15, -0.1) is 0 Å². The van der Waals surface area contributed by atoms with Crippen molar-refractivity contribution in [3.63, 3.8) is 0 Å². The average molecular weight is 454 g/mol. The molecule has 0 unspecified atom stereocenters. The van der Waals surface area contributed by atoms with E-state index < -0.39 is 5.60 Å². The number of unbranched alkanes of at least 4 members (excludes halogenated alkanes) is 1. The fourth-order valence-electron chi connectivity index (χ4n) is 6.47. The zero-order chi connectivity index (χ0) is 23.0. The van der Waals surface area contributed by atoms with E-state index in [-0.39, 0.29) is 30.1 Å². The normalized spacial score (nSPS) is 26.8. The summed E-state index contributed by atoms with van der Waals surface area (Å²) in [6, 6.07) is 5.61. The molecule has 6 nitrogen and oxygen atoms in total. The Morgan fingerprint density at radius 3 is 2.91 bits per heavy atom. The molecule has 6 heteroatoms. The van der Waals surface area contributed by atoms with E-state index >= 15 is 0 Å². The number of carbonyl (C=O) groups is 1. The summed E-state index contributed by atoms with van der Waals surface area (Å²) in [7, 11) is 0. The maximum Gasteiger partial charge on any atom is 0.339 e. The molecule has 2 aliphatic carbocycles. The van der Waals surface area contributed by atoms with Crippen molar-refractivity contribution in [1.29, 1.82) is 0 Å². The van der Waals surface area contributed by atoms with Gasteiger partial charge in [-0.25, -0.2) is 4.79 Å². The van der Waals surface area contributed by atoms with E-state index in [1.54, 1.807) is 6.07 Å². The van der Waals surface area contributed by atoms with Crippen molar-refractivity contribution in [3.05, 3.63) is 39.7 Å². The third-order valence-electron chi connectivity index (χ3n) is 8.20. The second-order valence-electron chi connectivity index (χ2n) is 10.1. The topological polar surface area (TPSA) is 80.0 Å². The zero-order valence-corrected chi connectivity index (χ0v) is 19.6. The summed E-state index contributed by atoms with van der Waals surface area (Å²) in [4.78, 5) is 27.5. The SMILES string of the molecule is CCCC[C@@H]1[C@@H]2CCCC[C@]2(O)CCN1C(=O)COc1ccc2c3c(c(=O)oc2c1)CCC3. The highest BCUT2D eigenvalue weighted by Crippen LogP contribution is 2.44. The lowest BCUT2D eigenvalue weighted by molar-refractivity contribution is -0.157. The van der Waals surface area contributed by atoms with E-state index in [2.05, 4.69) is 6.92 Å². The van der Waals surface area contributed by atoms with Crippen molar-refractivity contribution in [2.45, 2.75) is 89.2 Å². The standard InChI is InChI=1S/C27H35NO5/c1-2-3-10-23-22-9-4-5-13-27(22,31)14-15-28(23)25(29)17-32-18-11-12-20-19-7-6-8-21(19)26(30)33-24(20)16-18/h11-12,16,22-23,31H,2-10,13-15,17H2,1H3/t22-,23+,27-/m0/s1. The molecular weight excluding hydrogens is 418 g/mol. The van der Waals surface area contributed by atoms with Gasteiger partial charge in [0.15, 0.2) is 6.61 Å². The van der Waals surface area contributed by atoms with Gasteiger partial charge in [-0.2, -0.15) is 0 Å². The smallest absolute Gasteiger partial charge is 0.339 e. The Bertz CT molecular complexity index is 1090. The summed E-state index contributed by atoms with van der Waals surface area (Å²) in [5.74, 6) is 0.667. The maximum atomic E-state index is 13.2. The van der Waals surface area contributed by atoms with Crippen LogP contribution in [0.1, 0.15) is 75.8 Å². The van der Waals surface area contributed by atoms with Crippen molar-refractivity contribution in [2.75, 3.05) is 13.2 Å². The fourth-order valence-corrected chi connectivity index (χ4v) is 6.47. The number of rotatable bonds is 6. The highest BCUT2D eigenvalue weighted by molar-refractivity contribution is 5.83. The number of benzene rings is 1. The Morgan fingerprint density at radius 1 is 1.21 bits per heavy atom. The Morgan fingerprint density at radius 2 is 2.06 bits per heavy atom. The zero-order valence-electron chi connectivity index (χ0n) is 19.6. The van der Waals surface area contributed by atoms with Crippen LogP contribution in [0.5, 0.6) is 5.75 Å². The van der Waals surface area contributed by atoms with Gasteiger partial charge in [0.1, 0.15) is 11.3 Å². The van der Waals surface area contributed by atoms with E-state index in [1.807, 2.05) is 17.0 Å². The number of fused-ring (bicyclic) bond motifs is 4. The number of aliphatic hydroxyl groups is 1. The molecule has 1 N–H and O–H groups in total. The Hall–Kier alpha value is -2.34. The Kier molecular flexibility index (Phi) is 6.21. The molecule has 33 heavy (non-hydrogen) atoms. The molecule has 2 fully saturated rings. The molecule has 3 atom stereocenters. The fraction of sp³-hybridized carbons (Fsp3) is 0.630. The summed E-state index contributed by atoms with van der Waals surface area (Å²) in [5, 5.41) is 12.2. The molecule has 3 aliphatic rings. The van der Waals surface area contributed by atoms with Gasteiger partial charge in [0.05, 0.1) is 5.60 Å². The summed E-state index contributed by atoms with van der Waals surface area (Å²) in [6.45, 7) is 2.70. The van der Waals surface area contributed by atoms with E-state index in [9.17, 15) is 14.7 Å². The highest BCUT2D eigenvalue weighted by atomic mass is 16.5. The summed E-state index contributed by atoms with van der Waals surface area (Å²) < 4.78 is 11.4. The van der Waals surface area contributed by atoms with Crippen LogP contribution >= 0.6 is 0 Å². The maximum absolute atomic E-state index is 13.2. The molecule has 1 aliphatic heterocycles. The van der Waals surface area contributed by atoms with Crippen LogP contribution in [-0.4, -0.2) is 40.7 Å².